The molecule has 96 valence electrons. The molecule has 0 bridgehead atoms. The lowest BCUT2D eigenvalue weighted by Gasteiger charge is -2.08. The predicted molar refractivity (Wildman–Crippen MR) is 76.9 cm³/mol. The van der Waals surface area contributed by atoms with E-state index in [0.29, 0.717) is 5.69 Å². The molecule has 2 aromatic heterocycles. The summed E-state index contributed by atoms with van der Waals surface area (Å²) in [6.07, 6.45) is 3.49. The zero-order valence-electron chi connectivity index (χ0n) is 10.7. The molecular formula is C14H13N3OS. The first-order chi connectivity index (χ1) is 9.15. The molecule has 3 aromatic rings. The zero-order valence-corrected chi connectivity index (χ0v) is 11.5. The number of anilines is 1. The Kier molecular flexibility index (Phi) is 2.83. The van der Waals surface area contributed by atoms with Crippen molar-refractivity contribution in [3.63, 3.8) is 0 Å². The third-order valence-electron chi connectivity index (χ3n) is 3.02. The number of imidazole rings is 1. The lowest BCUT2D eigenvalue weighted by Crippen LogP contribution is -2.14. The Labute approximate surface area is 114 Å². The van der Waals surface area contributed by atoms with Crippen molar-refractivity contribution in [2.75, 3.05) is 5.32 Å². The highest BCUT2D eigenvalue weighted by Crippen LogP contribution is 2.19. The fourth-order valence-electron chi connectivity index (χ4n) is 1.95. The van der Waals surface area contributed by atoms with Crippen LogP contribution in [0.15, 0.2) is 36.0 Å². The predicted octanol–water partition coefficient (Wildman–Crippen LogP) is 3.26. The second-order valence-electron chi connectivity index (χ2n) is 4.47. The van der Waals surface area contributed by atoms with Gasteiger partial charge in [-0.25, -0.2) is 4.98 Å². The number of thiazole rings is 1. The van der Waals surface area contributed by atoms with Gasteiger partial charge in [0.1, 0.15) is 5.69 Å². The molecule has 1 aromatic carbocycles. The van der Waals surface area contributed by atoms with Gasteiger partial charge in [-0.1, -0.05) is 12.1 Å². The quantitative estimate of drug-likeness (QED) is 0.777. The lowest BCUT2D eigenvalue weighted by molar-refractivity contribution is 0.102. The SMILES string of the molecule is Cc1ccc(C)c(NC(=O)c2csc3nccn23)c1. The van der Waals surface area contributed by atoms with Crippen LogP contribution in [0.1, 0.15) is 21.6 Å². The molecule has 0 spiro atoms. The van der Waals surface area contributed by atoms with Gasteiger partial charge >= 0.3 is 0 Å². The van der Waals surface area contributed by atoms with Crippen molar-refractivity contribution >= 4 is 27.9 Å². The summed E-state index contributed by atoms with van der Waals surface area (Å²) < 4.78 is 1.80. The summed E-state index contributed by atoms with van der Waals surface area (Å²) in [5.74, 6) is -0.113. The van der Waals surface area contributed by atoms with Crippen LogP contribution in [0.25, 0.3) is 4.96 Å². The van der Waals surface area contributed by atoms with E-state index in [4.69, 9.17) is 0 Å². The Morgan fingerprint density at radius 1 is 1.37 bits per heavy atom. The van der Waals surface area contributed by atoms with Gasteiger partial charge in [0.2, 0.25) is 0 Å². The number of benzene rings is 1. The molecule has 0 aliphatic carbocycles. The summed E-state index contributed by atoms with van der Waals surface area (Å²) in [4.78, 5) is 17.3. The Hall–Kier alpha value is -2.14. The summed E-state index contributed by atoms with van der Waals surface area (Å²) in [6, 6.07) is 6.01. The maximum atomic E-state index is 12.3. The van der Waals surface area contributed by atoms with E-state index >= 15 is 0 Å². The highest BCUT2D eigenvalue weighted by molar-refractivity contribution is 7.15. The van der Waals surface area contributed by atoms with Gasteiger partial charge < -0.3 is 5.32 Å². The first kappa shape index (κ1) is 11.9. The molecule has 0 radical (unpaired) electrons. The van der Waals surface area contributed by atoms with Crippen molar-refractivity contribution < 1.29 is 4.79 Å². The number of nitrogens with zero attached hydrogens (tertiary/aromatic N) is 2. The minimum Gasteiger partial charge on any atom is -0.320 e. The molecule has 1 N–H and O–H groups in total. The van der Waals surface area contributed by atoms with Crippen molar-refractivity contribution in [2.24, 2.45) is 0 Å². The van der Waals surface area contributed by atoms with E-state index in [-0.39, 0.29) is 5.91 Å². The molecule has 0 aliphatic heterocycles. The van der Waals surface area contributed by atoms with E-state index in [2.05, 4.69) is 10.3 Å². The fraction of sp³-hybridized carbons (Fsp3) is 0.143. The number of hydrogen-bond donors (Lipinski definition) is 1. The minimum atomic E-state index is -0.113. The van der Waals surface area contributed by atoms with Crippen LogP contribution < -0.4 is 5.32 Å². The van der Waals surface area contributed by atoms with Gasteiger partial charge in [-0.15, -0.1) is 11.3 Å². The Bertz CT molecular complexity index is 757. The van der Waals surface area contributed by atoms with Gasteiger partial charge in [-0.2, -0.15) is 0 Å². The van der Waals surface area contributed by atoms with Crippen molar-refractivity contribution in [1.29, 1.82) is 0 Å². The van der Waals surface area contributed by atoms with Crippen LogP contribution >= 0.6 is 11.3 Å². The Morgan fingerprint density at radius 3 is 3.05 bits per heavy atom. The van der Waals surface area contributed by atoms with E-state index in [1.165, 1.54) is 11.3 Å². The highest BCUT2D eigenvalue weighted by atomic mass is 32.1. The highest BCUT2D eigenvalue weighted by Gasteiger charge is 2.13. The maximum Gasteiger partial charge on any atom is 0.273 e. The first-order valence-corrected chi connectivity index (χ1v) is 6.82. The normalized spacial score (nSPS) is 10.8. The van der Waals surface area contributed by atoms with Gasteiger partial charge in [0.25, 0.3) is 5.91 Å². The van der Waals surface area contributed by atoms with Crippen LogP contribution in [0.4, 0.5) is 5.69 Å². The van der Waals surface area contributed by atoms with Crippen LogP contribution in [0, 0.1) is 13.8 Å². The van der Waals surface area contributed by atoms with E-state index in [9.17, 15) is 4.79 Å². The zero-order chi connectivity index (χ0) is 13.4. The maximum absolute atomic E-state index is 12.3. The number of carbonyl (C=O) groups is 1. The van der Waals surface area contributed by atoms with Gasteiger partial charge in [0.15, 0.2) is 4.96 Å². The summed E-state index contributed by atoms with van der Waals surface area (Å²) in [5, 5.41) is 4.78. The molecule has 2 heterocycles. The summed E-state index contributed by atoms with van der Waals surface area (Å²) in [5.41, 5.74) is 3.64. The number of hydrogen-bond acceptors (Lipinski definition) is 3. The summed E-state index contributed by atoms with van der Waals surface area (Å²) in [7, 11) is 0. The molecular weight excluding hydrogens is 258 g/mol. The van der Waals surface area contributed by atoms with Crippen molar-refractivity contribution in [2.45, 2.75) is 13.8 Å². The van der Waals surface area contributed by atoms with Crippen molar-refractivity contribution in [3.8, 4) is 0 Å². The number of nitrogens with one attached hydrogen (secondary N) is 1. The smallest absolute Gasteiger partial charge is 0.273 e. The molecule has 0 atom stereocenters. The molecule has 0 fully saturated rings. The standard InChI is InChI=1S/C14H13N3OS/c1-9-3-4-10(2)11(7-9)16-13(18)12-8-19-14-15-5-6-17(12)14/h3-8H,1-2H3,(H,16,18). The molecule has 0 aliphatic rings. The number of rotatable bonds is 2. The molecule has 0 saturated heterocycles. The largest absolute Gasteiger partial charge is 0.320 e. The minimum absolute atomic E-state index is 0.113. The van der Waals surface area contributed by atoms with Crippen molar-refractivity contribution in [1.82, 2.24) is 9.38 Å². The van der Waals surface area contributed by atoms with Crippen molar-refractivity contribution in [3.05, 3.63) is 52.8 Å². The third kappa shape index (κ3) is 2.13. The molecule has 3 rings (SSSR count). The molecule has 0 saturated carbocycles. The van der Waals surface area contributed by atoms with E-state index in [0.717, 1.165) is 21.8 Å². The first-order valence-electron chi connectivity index (χ1n) is 5.94. The van der Waals surface area contributed by atoms with Crippen LogP contribution in [-0.2, 0) is 0 Å². The van der Waals surface area contributed by atoms with Crippen LogP contribution in [0.3, 0.4) is 0 Å². The number of aryl methyl sites for hydroxylation is 2. The Morgan fingerprint density at radius 2 is 2.21 bits per heavy atom. The van der Waals surface area contributed by atoms with Gasteiger partial charge in [-0.3, -0.25) is 9.20 Å². The number of aromatic nitrogens is 2. The molecule has 0 unspecified atom stereocenters. The van der Waals surface area contributed by atoms with E-state index < -0.39 is 0 Å². The van der Waals surface area contributed by atoms with Gasteiger partial charge in [0.05, 0.1) is 0 Å². The summed E-state index contributed by atoms with van der Waals surface area (Å²) in [6.45, 7) is 3.99. The second-order valence-corrected chi connectivity index (χ2v) is 5.31. The van der Waals surface area contributed by atoms with Gasteiger partial charge in [0, 0.05) is 23.5 Å². The fourth-order valence-corrected chi connectivity index (χ4v) is 2.78. The number of carbonyl (C=O) groups excluding carboxylic acids is 1. The molecule has 19 heavy (non-hydrogen) atoms. The monoisotopic (exact) mass is 271 g/mol. The Balaban J connectivity index is 1.93. The van der Waals surface area contributed by atoms with Crippen LogP contribution in [0.2, 0.25) is 0 Å². The van der Waals surface area contributed by atoms with E-state index in [1.54, 1.807) is 16.8 Å². The molecule has 5 heteroatoms. The average Bonchev–Trinajstić information content (AvgIpc) is 2.95. The van der Waals surface area contributed by atoms with Crippen LogP contribution in [0.5, 0.6) is 0 Å². The second kappa shape index (κ2) is 4.51. The van der Waals surface area contributed by atoms with Crippen LogP contribution in [-0.4, -0.2) is 15.3 Å². The van der Waals surface area contributed by atoms with E-state index in [1.807, 2.05) is 37.4 Å². The third-order valence-corrected chi connectivity index (χ3v) is 3.87. The molecule has 1 amide bonds. The number of amides is 1. The lowest BCUT2D eigenvalue weighted by atomic mass is 10.1. The average molecular weight is 271 g/mol. The topological polar surface area (TPSA) is 46.4 Å². The summed E-state index contributed by atoms with van der Waals surface area (Å²) >= 11 is 1.46. The van der Waals surface area contributed by atoms with Gasteiger partial charge in [-0.05, 0) is 31.0 Å². The number of fused-ring (bicyclic) bond motifs is 1. The molecule has 4 nitrogen and oxygen atoms in total.